The molecule has 0 radical (unpaired) electrons. The van der Waals surface area contributed by atoms with E-state index in [1.54, 1.807) is 55.3 Å². The van der Waals surface area contributed by atoms with Crippen LogP contribution in [0, 0.1) is 12.8 Å². The molecule has 2 aliphatic rings. The number of aliphatic hydroxyl groups excluding tert-OH is 1. The van der Waals surface area contributed by atoms with Crippen LogP contribution in [0.15, 0.2) is 65.6 Å². The Morgan fingerprint density at radius 2 is 1.73 bits per heavy atom. The molecule has 0 saturated carbocycles. The average molecular weight is 625 g/mol. The van der Waals surface area contributed by atoms with E-state index >= 15 is 0 Å². The molecule has 3 N–H and O–H groups in total. The number of likely N-dealkylation sites (N-methyl/N-ethyl adjacent to an activating group) is 1. The number of anilines is 2. The van der Waals surface area contributed by atoms with Crippen LogP contribution in [0.2, 0.25) is 0 Å². The standard InChI is InChI=1S/C31H36N4O8S/c1-19-5-9-24(10-6-19)44(39,40)33-23-8-11-26-25(13-23)30(37)35(21(3)17-36)15-20(2)29(43-26)16-34(4)31(38)32-22-7-12-27-28(14-22)42-18-41-27/h5-14,20-21,29,33,36H,15-18H2,1-4H3,(H,32,38)/t20-,21+,29+/m1/s1. The SMILES string of the molecule is Cc1ccc(S(=O)(=O)Nc2ccc3c(c2)C(=O)N([C@@H](C)CO)C[C@@H](C)[C@H](CN(C)C(=O)Nc2ccc4c(c2)OCO4)O3)cc1. The number of urea groups is 1. The number of aliphatic hydroxyl groups is 1. The number of hydrogen-bond acceptors (Lipinski definition) is 8. The lowest BCUT2D eigenvalue weighted by atomic mass is 9.99. The molecule has 0 unspecified atom stereocenters. The molecule has 2 aliphatic heterocycles. The van der Waals surface area contributed by atoms with E-state index in [1.165, 1.54) is 29.2 Å². The fourth-order valence-electron chi connectivity index (χ4n) is 4.98. The Kier molecular flexibility index (Phi) is 8.88. The molecule has 0 aromatic heterocycles. The Balaban J connectivity index is 1.38. The van der Waals surface area contributed by atoms with Gasteiger partial charge in [0.25, 0.3) is 15.9 Å². The van der Waals surface area contributed by atoms with Crippen LogP contribution < -0.4 is 24.2 Å². The van der Waals surface area contributed by atoms with Gasteiger partial charge in [0.2, 0.25) is 6.79 Å². The molecule has 3 atom stereocenters. The Bertz CT molecular complexity index is 1650. The second kappa shape index (κ2) is 12.6. The molecule has 0 bridgehead atoms. The van der Waals surface area contributed by atoms with E-state index in [4.69, 9.17) is 14.2 Å². The molecule has 234 valence electrons. The van der Waals surface area contributed by atoms with E-state index in [9.17, 15) is 23.1 Å². The van der Waals surface area contributed by atoms with Crippen LogP contribution in [0.25, 0.3) is 0 Å². The highest BCUT2D eigenvalue weighted by Crippen LogP contribution is 2.35. The summed E-state index contributed by atoms with van der Waals surface area (Å²) in [7, 11) is -2.28. The molecule has 0 aliphatic carbocycles. The van der Waals surface area contributed by atoms with E-state index in [1.807, 2.05) is 13.8 Å². The highest BCUT2D eigenvalue weighted by atomic mass is 32.2. The summed E-state index contributed by atoms with van der Waals surface area (Å²) in [4.78, 5) is 30.0. The van der Waals surface area contributed by atoms with Crippen molar-refractivity contribution in [2.24, 2.45) is 5.92 Å². The molecule has 0 spiro atoms. The van der Waals surface area contributed by atoms with Gasteiger partial charge in [-0.1, -0.05) is 24.6 Å². The van der Waals surface area contributed by atoms with Crippen LogP contribution in [0.5, 0.6) is 17.2 Å². The van der Waals surface area contributed by atoms with Crippen molar-refractivity contribution in [3.05, 3.63) is 71.8 Å². The van der Waals surface area contributed by atoms with Gasteiger partial charge < -0.3 is 34.4 Å². The van der Waals surface area contributed by atoms with Gasteiger partial charge in [0.05, 0.1) is 29.7 Å². The Morgan fingerprint density at radius 3 is 2.45 bits per heavy atom. The van der Waals surface area contributed by atoms with Gasteiger partial charge in [0, 0.05) is 37.0 Å². The number of carbonyl (C=O) groups excluding carboxylic acids is 2. The van der Waals surface area contributed by atoms with Crippen LogP contribution >= 0.6 is 0 Å². The molecular weight excluding hydrogens is 588 g/mol. The van der Waals surface area contributed by atoms with Crippen molar-refractivity contribution in [1.29, 1.82) is 0 Å². The molecule has 13 heteroatoms. The summed E-state index contributed by atoms with van der Waals surface area (Å²) >= 11 is 0. The number of amides is 3. The first kappa shape index (κ1) is 31.0. The minimum absolute atomic E-state index is 0.0869. The summed E-state index contributed by atoms with van der Waals surface area (Å²) in [5, 5.41) is 12.8. The lowest BCUT2D eigenvalue weighted by Crippen LogP contribution is -2.50. The summed E-state index contributed by atoms with van der Waals surface area (Å²) < 4.78 is 45.7. The van der Waals surface area contributed by atoms with Gasteiger partial charge in [0.1, 0.15) is 11.9 Å². The third-order valence-corrected chi connectivity index (χ3v) is 9.07. The number of benzene rings is 3. The molecular formula is C31H36N4O8S. The smallest absolute Gasteiger partial charge is 0.321 e. The predicted molar refractivity (Wildman–Crippen MR) is 164 cm³/mol. The van der Waals surface area contributed by atoms with Gasteiger partial charge in [0.15, 0.2) is 11.5 Å². The normalized spacial score (nSPS) is 18.4. The van der Waals surface area contributed by atoms with Gasteiger partial charge in [-0.15, -0.1) is 0 Å². The monoisotopic (exact) mass is 624 g/mol. The van der Waals surface area contributed by atoms with Crippen molar-refractivity contribution in [1.82, 2.24) is 9.80 Å². The van der Waals surface area contributed by atoms with Crippen LogP contribution in [0.3, 0.4) is 0 Å². The van der Waals surface area contributed by atoms with Crippen molar-refractivity contribution in [3.8, 4) is 17.2 Å². The van der Waals surface area contributed by atoms with Crippen LogP contribution in [0.4, 0.5) is 16.2 Å². The summed E-state index contributed by atoms with van der Waals surface area (Å²) in [6, 6.07) is 15.2. The third kappa shape index (κ3) is 6.68. The number of nitrogens with zero attached hydrogens (tertiary/aromatic N) is 2. The molecule has 0 fully saturated rings. The van der Waals surface area contributed by atoms with Crippen molar-refractivity contribution < 1.29 is 37.3 Å². The average Bonchev–Trinajstić information content (AvgIpc) is 3.47. The summed E-state index contributed by atoms with van der Waals surface area (Å²) in [6.45, 7) is 5.78. The molecule has 5 rings (SSSR count). The van der Waals surface area contributed by atoms with E-state index < -0.39 is 28.1 Å². The fourth-order valence-corrected chi connectivity index (χ4v) is 6.03. The molecule has 3 aromatic rings. The lowest BCUT2D eigenvalue weighted by molar-refractivity contribution is 0.0371. The number of aryl methyl sites for hydroxylation is 1. The maximum Gasteiger partial charge on any atom is 0.321 e. The molecule has 3 amide bonds. The Labute approximate surface area is 256 Å². The maximum absolute atomic E-state index is 13.7. The Morgan fingerprint density at radius 1 is 1.05 bits per heavy atom. The number of sulfonamides is 1. The summed E-state index contributed by atoms with van der Waals surface area (Å²) in [6.07, 6.45) is -0.544. The number of carbonyl (C=O) groups is 2. The molecule has 2 heterocycles. The van der Waals surface area contributed by atoms with E-state index in [-0.39, 0.29) is 60.3 Å². The zero-order chi connectivity index (χ0) is 31.6. The van der Waals surface area contributed by atoms with Crippen molar-refractivity contribution in [2.75, 3.05) is 43.6 Å². The topological polar surface area (TPSA) is 147 Å². The maximum atomic E-state index is 13.7. The number of fused-ring (bicyclic) bond motifs is 2. The highest BCUT2D eigenvalue weighted by molar-refractivity contribution is 7.92. The first-order valence-electron chi connectivity index (χ1n) is 14.2. The number of nitrogens with one attached hydrogen (secondary N) is 2. The van der Waals surface area contributed by atoms with E-state index in [0.29, 0.717) is 17.2 Å². The zero-order valence-corrected chi connectivity index (χ0v) is 25.8. The number of hydrogen-bond donors (Lipinski definition) is 3. The molecule has 0 saturated heterocycles. The minimum Gasteiger partial charge on any atom is -0.487 e. The largest absolute Gasteiger partial charge is 0.487 e. The van der Waals surface area contributed by atoms with Gasteiger partial charge >= 0.3 is 6.03 Å². The number of ether oxygens (including phenoxy) is 3. The van der Waals surface area contributed by atoms with Crippen LogP contribution in [0.1, 0.15) is 29.8 Å². The molecule has 12 nitrogen and oxygen atoms in total. The molecule has 3 aromatic carbocycles. The quantitative estimate of drug-likeness (QED) is 0.342. The highest BCUT2D eigenvalue weighted by Gasteiger charge is 2.34. The first-order chi connectivity index (χ1) is 20.9. The zero-order valence-electron chi connectivity index (χ0n) is 24.9. The number of rotatable bonds is 8. The summed E-state index contributed by atoms with van der Waals surface area (Å²) in [5.41, 5.74) is 1.78. The van der Waals surface area contributed by atoms with Gasteiger partial charge in [-0.05, 0) is 56.3 Å². The second-order valence-corrected chi connectivity index (χ2v) is 12.8. The van der Waals surface area contributed by atoms with Crippen molar-refractivity contribution in [2.45, 2.75) is 37.8 Å². The van der Waals surface area contributed by atoms with E-state index in [0.717, 1.165) is 5.56 Å². The van der Waals surface area contributed by atoms with Gasteiger partial charge in [-0.3, -0.25) is 9.52 Å². The predicted octanol–water partition coefficient (Wildman–Crippen LogP) is 3.91. The third-order valence-electron chi connectivity index (χ3n) is 7.67. The Hall–Kier alpha value is -4.49. The van der Waals surface area contributed by atoms with Crippen molar-refractivity contribution in [3.63, 3.8) is 0 Å². The molecule has 44 heavy (non-hydrogen) atoms. The second-order valence-electron chi connectivity index (χ2n) is 11.1. The first-order valence-corrected chi connectivity index (χ1v) is 15.7. The fraction of sp³-hybridized carbons (Fsp3) is 0.355. The van der Waals surface area contributed by atoms with Crippen LogP contribution in [-0.2, 0) is 10.0 Å². The lowest BCUT2D eigenvalue weighted by Gasteiger charge is -2.38. The van der Waals surface area contributed by atoms with E-state index in [2.05, 4.69) is 10.0 Å². The van der Waals surface area contributed by atoms with Crippen LogP contribution in [-0.4, -0.2) is 80.9 Å². The summed E-state index contributed by atoms with van der Waals surface area (Å²) in [5.74, 6) is 0.750. The van der Waals surface area contributed by atoms with Gasteiger partial charge in [-0.25, -0.2) is 13.2 Å². The van der Waals surface area contributed by atoms with Crippen molar-refractivity contribution >= 4 is 33.3 Å². The van der Waals surface area contributed by atoms with Gasteiger partial charge in [-0.2, -0.15) is 0 Å². The minimum atomic E-state index is -3.92.